The quantitative estimate of drug-likeness (QED) is 0.0314. The summed E-state index contributed by atoms with van der Waals surface area (Å²) in [4.78, 5) is 12.9. The van der Waals surface area contributed by atoms with Crippen LogP contribution in [0, 0.1) is 0 Å². The Kier molecular flexibility index (Phi) is 36.6. The third-order valence-electron chi connectivity index (χ3n) is 19.8. The maximum atomic E-state index is 14.8. The number of halogens is 68. The minimum atomic E-state index is -9.10. The van der Waals surface area contributed by atoms with Crippen LogP contribution in [0.15, 0.2) is 54.6 Å². The molecule has 8 nitrogen and oxygen atoms in total. The average molecular weight is 2310 g/mol. The first-order valence-corrected chi connectivity index (χ1v) is 37.2. The van der Waals surface area contributed by atoms with E-state index < -0.39 is 364 Å². The molecule has 0 aromatic heterocycles. The summed E-state index contributed by atoms with van der Waals surface area (Å²) in [6, 6.07) is 4.01. The molecule has 0 N–H and O–H groups in total. The summed E-state index contributed by atoms with van der Waals surface area (Å²) in [5, 5.41) is 0. The van der Waals surface area contributed by atoms with Crippen LogP contribution in [0.4, 0.5) is 299 Å². The van der Waals surface area contributed by atoms with E-state index in [9.17, 15) is 303 Å². The van der Waals surface area contributed by atoms with Crippen molar-refractivity contribution in [3.05, 3.63) is 71.3 Å². The van der Waals surface area contributed by atoms with Gasteiger partial charge in [0.2, 0.25) is 0 Å². The van der Waals surface area contributed by atoms with Gasteiger partial charge in [-0.25, -0.2) is 4.79 Å². The van der Waals surface area contributed by atoms with Crippen molar-refractivity contribution in [2.24, 2.45) is 0 Å². The van der Waals surface area contributed by atoms with Crippen molar-refractivity contribution in [3.63, 3.8) is 0 Å². The van der Waals surface area contributed by atoms with E-state index in [4.69, 9.17) is 28.4 Å². The lowest BCUT2D eigenvalue weighted by Crippen LogP contribution is -2.74. The van der Waals surface area contributed by atoms with Crippen molar-refractivity contribution in [2.75, 3.05) is 33.5 Å². The number of alkyl halides is 68. The van der Waals surface area contributed by atoms with Crippen LogP contribution in [0.2, 0.25) is 0 Å². The Morgan fingerprint density at radius 3 is 0.459 bits per heavy atom. The normalized spacial score (nSPS) is 15.5. The zero-order valence-corrected chi connectivity index (χ0v) is 68.9. The van der Waals surface area contributed by atoms with E-state index in [2.05, 4.69) is 4.74 Å². The summed E-state index contributed by atoms with van der Waals surface area (Å²) in [5.41, 5.74) is -2.43. The molecule has 0 amide bonds. The SMILES string of the molecule is COC(=O)c1cc(OCc2cc(OCCCCC(F)(F)C(F)(F)C(F)(F)C(F)(F)C(F)(F)C(F)(F)C(F)(F)C(F)(F)F)cc(OCCCCC(F)(F)C(F)(F)C(F)(F)C(F)(F)C(F)(F)C(F)(F)C(F)(F)C(F)(F)F)c2)cc(OCc2cc(OCCCCC(F)(F)C(F)(F)C(F)(F)C(F)(F)C(F)(F)C(F)(F)C(F)(F)C(F)(F)F)cc(OCCCCC(F)(F)C(F)(F)C(F)(F)C(F)(F)C(F)(F)C(F)(F)C(F)(F)C(F)(F)F)c2)c1. The van der Waals surface area contributed by atoms with Crippen LogP contribution in [0.25, 0.3) is 0 Å². The van der Waals surface area contributed by atoms with Gasteiger partial charge in [0.1, 0.15) is 47.7 Å². The largest absolute Gasteiger partial charge is 0.493 e. The van der Waals surface area contributed by atoms with Gasteiger partial charge in [0.05, 0.1) is 39.1 Å². The molecule has 0 aliphatic heterocycles. The van der Waals surface area contributed by atoms with Gasteiger partial charge < -0.3 is 33.2 Å². The highest BCUT2D eigenvalue weighted by atomic mass is 19.5. The van der Waals surface area contributed by atoms with Crippen LogP contribution in [-0.2, 0) is 18.0 Å². The van der Waals surface area contributed by atoms with E-state index in [-0.39, 0.29) is 0 Å². The lowest BCUT2D eigenvalue weighted by atomic mass is 9.88. The molecule has 3 aromatic rings. The minimum absolute atomic E-state index is 0.311. The minimum Gasteiger partial charge on any atom is -0.493 e. The number of unbranched alkanes of at least 4 members (excludes halogenated alkanes) is 4. The zero-order valence-electron chi connectivity index (χ0n) is 68.9. The lowest BCUT2D eigenvalue weighted by Gasteiger charge is -2.42. The third-order valence-corrected chi connectivity index (χ3v) is 19.8. The first-order chi connectivity index (χ1) is 64.1. The van der Waals surface area contributed by atoms with E-state index in [1.807, 2.05) is 0 Å². The zero-order chi connectivity index (χ0) is 116. The number of rotatable bonds is 55. The summed E-state index contributed by atoms with van der Waals surface area (Å²) in [6.45, 7) is -8.82. The Bertz CT molecular complexity index is 4320. The number of hydrogen-bond donors (Lipinski definition) is 0. The van der Waals surface area contributed by atoms with E-state index in [0.717, 1.165) is 0 Å². The van der Waals surface area contributed by atoms with Gasteiger partial charge in [0, 0.05) is 43.9 Å². The van der Waals surface area contributed by atoms with E-state index in [1.165, 1.54) is 0 Å². The molecule has 0 aliphatic rings. The molecule has 0 saturated carbocycles. The number of esters is 1. The first-order valence-electron chi connectivity index (χ1n) is 37.2. The molecule has 0 bridgehead atoms. The molecule has 0 spiro atoms. The van der Waals surface area contributed by atoms with E-state index >= 15 is 0 Å². The molecule has 76 heteroatoms. The van der Waals surface area contributed by atoms with Crippen molar-refractivity contribution < 1.29 is 337 Å². The van der Waals surface area contributed by atoms with Gasteiger partial charge in [0.25, 0.3) is 0 Å². The van der Waals surface area contributed by atoms with Gasteiger partial charge in [-0.2, -0.15) is 299 Å². The first kappa shape index (κ1) is 131. The molecule has 852 valence electrons. The maximum absolute atomic E-state index is 14.8. The highest BCUT2D eigenvalue weighted by Crippen LogP contribution is 2.71. The summed E-state index contributed by atoms with van der Waals surface area (Å²) >= 11 is 0. The fraction of sp³-hybridized carbons (Fsp3) is 0.729. The molecule has 0 radical (unpaired) electrons. The van der Waals surface area contributed by atoms with E-state index in [0.29, 0.717) is 61.7 Å². The second-order valence-electron chi connectivity index (χ2n) is 30.2. The summed E-state index contributed by atoms with van der Waals surface area (Å²) in [7, 11) is 0.521. The van der Waals surface area contributed by atoms with Crippen LogP contribution in [0.3, 0.4) is 0 Å². The average Bonchev–Trinajstić information content (AvgIpc) is 0.704. The Balaban J connectivity index is 2.21. The molecule has 0 aliphatic carbocycles. The smallest absolute Gasteiger partial charge is 0.460 e. The maximum Gasteiger partial charge on any atom is 0.460 e. The highest BCUT2D eigenvalue weighted by Gasteiger charge is 3.00. The number of carbonyl (C=O) groups is 1. The molecular formula is C70H48F68O8. The summed E-state index contributed by atoms with van der Waals surface area (Å²) in [6.07, 6.45) is -59.4. The Morgan fingerprint density at radius 2 is 0.315 bits per heavy atom. The van der Waals surface area contributed by atoms with Crippen molar-refractivity contribution in [2.45, 2.75) is 281 Å². The molecule has 3 aromatic carbocycles. The number of hydrogen-bond acceptors (Lipinski definition) is 8. The third kappa shape index (κ3) is 22.2. The predicted molar refractivity (Wildman–Crippen MR) is 339 cm³/mol. The number of methoxy groups -OCH3 is 1. The summed E-state index contributed by atoms with van der Waals surface area (Å²) in [5.74, 6) is -247. The van der Waals surface area contributed by atoms with Gasteiger partial charge in [-0.05, 0) is 98.9 Å². The van der Waals surface area contributed by atoms with Gasteiger partial charge in [0.15, 0.2) is 0 Å². The van der Waals surface area contributed by atoms with Crippen LogP contribution in [0.5, 0.6) is 34.5 Å². The Hall–Kier alpha value is -8.83. The number of carbonyl (C=O) groups excluding carboxylic acids is 1. The van der Waals surface area contributed by atoms with Crippen molar-refractivity contribution in [3.8, 4) is 34.5 Å². The van der Waals surface area contributed by atoms with Gasteiger partial charge in [-0.3, -0.25) is 0 Å². The van der Waals surface area contributed by atoms with Crippen molar-refractivity contribution >= 4 is 5.97 Å². The lowest BCUT2D eigenvalue weighted by molar-refractivity contribution is -0.461. The standard InChI is InChI=1S/C70H48F68O8/c1-140-38(139)31-22-36(145-27-29-18-32(141-14-6-2-10-39(71,72)43(79,80)47(87,88)51(95,96)55(103,104)59(111,112)63(119,120)67(127,128)129)24-33(19-29)142-15-7-3-11-40(73,74)44(81,82)48(89,90)52(97,98)56(105,106)60(113,114)64(121,122)68(130,131)132)26-37(23-31)146-28-30-20-34(143-16-8-4-12-41(75,76)45(83,84)49(91,92)53(99,100)57(107,108)61(115,116)65(123,124)69(133,134)135)25-35(21-30)144-17-9-5-13-42(77,78)46(85,86)50(93,94)54(101,102)58(109,110)62(117,118)66(125,126)70(136,137)138/h18-26H,2-17,27-28H2,1H3. The second kappa shape index (κ2) is 40.7. The Morgan fingerprint density at radius 1 is 0.178 bits per heavy atom. The summed E-state index contributed by atoms with van der Waals surface area (Å²) < 4.78 is 980. The fourth-order valence-corrected chi connectivity index (χ4v) is 11.0. The van der Waals surface area contributed by atoms with E-state index in [1.54, 1.807) is 0 Å². The molecular weight excluding hydrogens is 2260 g/mol. The topological polar surface area (TPSA) is 81.7 Å². The molecule has 3 rings (SSSR count). The van der Waals surface area contributed by atoms with Gasteiger partial charge in [-0.15, -0.1) is 0 Å². The molecule has 0 atom stereocenters. The molecule has 0 saturated heterocycles. The number of benzene rings is 3. The molecule has 0 fully saturated rings. The van der Waals surface area contributed by atoms with Crippen LogP contribution in [-0.4, -0.2) is 230 Å². The van der Waals surface area contributed by atoms with Crippen LogP contribution >= 0.6 is 0 Å². The second-order valence-corrected chi connectivity index (χ2v) is 30.2. The monoisotopic (exact) mass is 2310 g/mol. The molecule has 0 heterocycles. The van der Waals surface area contributed by atoms with Crippen molar-refractivity contribution in [1.29, 1.82) is 0 Å². The van der Waals surface area contributed by atoms with Crippen molar-refractivity contribution in [1.82, 2.24) is 0 Å². The van der Waals surface area contributed by atoms with Gasteiger partial charge >= 0.3 is 197 Å². The highest BCUT2D eigenvalue weighted by molar-refractivity contribution is 5.90. The van der Waals surface area contributed by atoms with Crippen LogP contribution < -0.4 is 28.4 Å². The molecule has 146 heavy (non-hydrogen) atoms. The van der Waals surface area contributed by atoms with Crippen LogP contribution in [0.1, 0.15) is 98.5 Å². The van der Waals surface area contributed by atoms with Gasteiger partial charge in [-0.1, -0.05) is 0 Å². The Labute approximate surface area is 762 Å². The molecule has 0 unspecified atom stereocenters. The predicted octanol–water partition coefficient (Wildman–Crippen LogP) is 30.9. The number of ether oxygens (including phenoxy) is 7. The fourth-order valence-electron chi connectivity index (χ4n) is 11.0.